The summed E-state index contributed by atoms with van der Waals surface area (Å²) in [5.41, 5.74) is 4.51. The number of fused-ring (bicyclic) bond motifs is 1. The highest BCUT2D eigenvalue weighted by atomic mass is 16.1. The largest absolute Gasteiger partial charge is 0.349 e. The number of aromatic amines is 1. The topological polar surface area (TPSA) is 64.3 Å². The number of hydrogen-bond donors (Lipinski definition) is 2. The Balaban J connectivity index is 1.33. The first-order valence-corrected chi connectivity index (χ1v) is 10.7. The highest BCUT2D eigenvalue weighted by molar-refractivity contribution is 5.79. The molecule has 2 aromatic rings. The normalized spacial score (nSPS) is 22.6. The minimum Gasteiger partial charge on any atom is -0.349 e. The molecule has 1 unspecified atom stereocenters. The van der Waals surface area contributed by atoms with Crippen LogP contribution in [0.2, 0.25) is 0 Å². The van der Waals surface area contributed by atoms with Crippen LogP contribution in [-0.4, -0.2) is 64.9 Å². The number of piperidine rings is 2. The maximum Gasteiger partial charge on any atom is 0.224 e. The van der Waals surface area contributed by atoms with E-state index in [2.05, 4.69) is 58.1 Å². The molecule has 0 bridgehead atoms. The molecule has 3 heterocycles. The molecule has 0 radical (unpaired) electrons. The van der Waals surface area contributed by atoms with E-state index in [1.807, 2.05) is 0 Å². The molecule has 4 rings (SSSR count). The van der Waals surface area contributed by atoms with Crippen LogP contribution in [0.3, 0.4) is 0 Å². The zero-order valence-electron chi connectivity index (χ0n) is 17.4. The first-order chi connectivity index (χ1) is 13.5. The van der Waals surface area contributed by atoms with Crippen LogP contribution in [0.25, 0.3) is 11.0 Å². The van der Waals surface area contributed by atoms with Crippen molar-refractivity contribution in [1.82, 2.24) is 25.1 Å². The quantitative estimate of drug-likeness (QED) is 0.852. The van der Waals surface area contributed by atoms with E-state index in [9.17, 15) is 4.79 Å². The van der Waals surface area contributed by atoms with Gasteiger partial charge in [0, 0.05) is 12.6 Å². The number of hydrogen-bond acceptors (Lipinski definition) is 4. The van der Waals surface area contributed by atoms with Gasteiger partial charge in [0.1, 0.15) is 5.82 Å². The fourth-order valence-electron chi connectivity index (χ4n) is 4.63. The van der Waals surface area contributed by atoms with Crippen molar-refractivity contribution in [1.29, 1.82) is 0 Å². The number of benzene rings is 1. The Morgan fingerprint density at radius 1 is 1.18 bits per heavy atom. The number of carbonyl (C=O) groups is 1. The lowest BCUT2D eigenvalue weighted by molar-refractivity contribution is -0.127. The van der Waals surface area contributed by atoms with E-state index in [-0.39, 0.29) is 11.8 Å². The molecular weight excluding hydrogens is 350 g/mol. The number of amides is 1. The summed E-state index contributed by atoms with van der Waals surface area (Å²) in [5.74, 6) is 1.10. The van der Waals surface area contributed by atoms with Crippen molar-refractivity contribution in [2.75, 3.05) is 33.2 Å². The monoisotopic (exact) mass is 383 g/mol. The minimum absolute atomic E-state index is 0.0993. The number of nitrogens with one attached hydrogen (secondary N) is 2. The second kappa shape index (κ2) is 8.21. The molecule has 6 nitrogen and oxygen atoms in total. The number of rotatable bonds is 4. The number of aromatic nitrogens is 2. The molecular formula is C22H33N5O. The number of nitrogens with zero attached hydrogens (tertiary/aromatic N) is 3. The van der Waals surface area contributed by atoms with Crippen LogP contribution in [0, 0.1) is 19.8 Å². The van der Waals surface area contributed by atoms with Crippen LogP contribution in [0.1, 0.15) is 42.6 Å². The van der Waals surface area contributed by atoms with Gasteiger partial charge in [-0.25, -0.2) is 4.98 Å². The standard InChI is InChI=1S/C22H33N5O/c1-15-11-19-20(12-16(15)2)25-21(24-19)13-23-22(28)17-5-4-8-27(14-17)18-6-9-26(3)10-7-18/h11-12,17-18H,4-10,13-14H2,1-3H3,(H,23,28)(H,24,25). The zero-order valence-corrected chi connectivity index (χ0v) is 17.4. The summed E-state index contributed by atoms with van der Waals surface area (Å²) in [7, 11) is 2.20. The van der Waals surface area contributed by atoms with Crippen LogP contribution >= 0.6 is 0 Å². The third kappa shape index (κ3) is 4.23. The Hall–Kier alpha value is -1.92. The molecule has 6 heteroatoms. The Morgan fingerprint density at radius 3 is 2.71 bits per heavy atom. The van der Waals surface area contributed by atoms with Crippen molar-refractivity contribution in [2.24, 2.45) is 5.92 Å². The van der Waals surface area contributed by atoms with Gasteiger partial charge in [0.15, 0.2) is 0 Å². The lowest BCUT2D eigenvalue weighted by Gasteiger charge is -2.41. The van der Waals surface area contributed by atoms with Crippen LogP contribution in [0.5, 0.6) is 0 Å². The first-order valence-electron chi connectivity index (χ1n) is 10.7. The summed E-state index contributed by atoms with van der Waals surface area (Å²) in [6.07, 6.45) is 4.56. The Morgan fingerprint density at radius 2 is 1.93 bits per heavy atom. The molecule has 0 saturated carbocycles. The highest BCUT2D eigenvalue weighted by Gasteiger charge is 2.31. The summed E-state index contributed by atoms with van der Waals surface area (Å²) < 4.78 is 0. The molecule has 2 fully saturated rings. The van der Waals surface area contributed by atoms with Crippen molar-refractivity contribution < 1.29 is 4.79 Å². The van der Waals surface area contributed by atoms with E-state index in [4.69, 9.17) is 0 Å². The number of H-pyrrole nitrogens is 1. The molecule has 2 saturated heterocycles. The van der Waals surface area contributed by atoms with Gasteiger partial charge < -0.3 is 15.2 Å². The van der Waals surface area contributed by atoms with Gasteiger partial charge in [-0.2, -0.15) is 0 Å². The average Bonchev–Trinajstić information content (AvgIpc) is 3.08. The number of imidazole rings is 1. The van der Waals surface area contributed by atoms with Gasteiger partial charge in [0.2, 0.25) is 5.91 Å². The van der Waals surface area contributed by atoms with Crippen LogP contribution in [0.4, 0.5) is 0 Å². The first kappa shape index (κ1) is 19.4. The third-order valence-corrected chi connectivity index (χ3v) is 6.60. The van der Waals surface area contributed by atoms with E-state index in [0.717, 1.165) is 42.8 Å². The molecule has 28 heavy (non-hydrogen) atoms. The predicted molar refractivity (Wildman–Crippen MR) is 112 cm³/mol. The maximum absolute atomic E-state index is 12.8. The predicted octanol–water partition coefficient (Wildman–Crippen LogP) is 2.60. The number of carbonyl (C=O) groups excluding carboxylic acids is 1. The Kier molecular flexibility index (Phi) is 5.69. The molecule has 1 aromatic carbocycles. The van der Waals surface area contributed by atoms with Gasteiger partial charge in [-0.1, -0.05) is 0 Å². The van der Waals surface area contributed by atoms with Crippen molar-refractivity contribution in [3.8, 4) is 0 Å². The SMILES string of the molecule is Cc1cc2nc(CNC(=O)C3CCCN(C4CCN(C)CC4)C3)[nH]c2cc1C. The van der Waals surface area contributed by atoms with Gasteiger partial charge in [-0.15, -0.1) is 0 Å². The minimum atomic E-state index is 0.0993. The molecule has 2 aliphatic rings. The molecule has 2 aliphatic heterocycles. The Bertz CT molecular complexity index is 798. The molecule has 1 aromatic heterocycles. The van der Waals surface area contributed by atoms with E-state index >= 15 is 0 Å². The summed E-state index contributed by atoms with van der Waals surface area (Å²) >= 11 is 0. The summed E-state index contributed by atoms with van der Waals surface area (Å²) in [6.45, 7) is 9.06. The maximum atomic E-state index is 12.8. The van der Waals surface area contributed by atoms with E-state index in [1.54, 1.807) is 0 Å². The molecule has 2 N–H and O–H groups in total. The summed E-state index contributed by atoms with van der Waals surface area (Å²) in [6, 6.07) is 4.88. The molecule has 1 atom stereocenters. The van der Waals surface area contributed by atoms with Crippen molar-refractivity contribution in [3.05, 3.63) is 29.1 Å². The average molecular weight is 384 g/mol. The van der Waals surface area contributed by atoms with E-state index < -0.39 is 0 Å². The lowest BCUT2D eigenvalue weighted by Crippen LogP contribution is -2.50. The van der Waals surface area contributed by atoms with Crippen molar-refractivity contribution in [2.45, 2.75) is 52.1 Å². The number of aryl methyl sites for hydroxylation is 2. The van der Waals surface area contributed by atoms with Gasteiger partial charge in [0.25, 0.3) is 0 Å². The lowest BCUT2D eigenvalue weighted by atomic mass is 9.93. The third-order valence-electron chi connectivity index (χ3n) is 6.60. The van der Waals surface area contributed by atoms with E-state index in [1.165, 1.54) is 37.1 Å². The van der Waals surface area contributed by atoms with Gasteiger partial charge in [0.05, 0.1) is 23.5 Å². The van der Waals surface area contributed by atoms with Gasteiger partial charge in [-0.05, 0) is 89.5 Å². The van der Waals surface area contributed by atoms with Crippen molar-refractivity contribution >= 4 is 16.9 Å². The highest BCUT2D eigenvalue weighted by Crippen LogP contribution is 2.24. The van der Waals surface area contributed by atoms with Crippen LogP contribution in [-0.2, 0) is 11.3 Å². The number of likely N-dealkylation sites (tertiary alicyclic amines) is 2. The van der Waals surface area contributed by atoms with Gasteiger partial charge in [-0.3, -0.25) is 9.69 Å². The molecule has 0 spiro atoms. The van der Waals surface area contributed by atoms with Crippen molar-refractivity contribution in [3.63, 3.8) is 0 Å². The second-order valence-electron chi connectivity index (χ2n) is 8.72. The molecule has 1 amide bonds. The Labute approximate surface area is 167 Å². The molecule has 0 aliphatic carbocycles. The fourth-order valence-corrected chi connectivity index (χ4v) is 4.63. The second-order valence-corrected chi connectivity index (χ2v) is 8.72. The molecule has 152 valence electrons. The van der Waals surface area contributed by atoms with Crippen LogP contribution in [0.15, 0.2) is 12.1 Å². The smallest absolute Gasteiger partial charge is 0.224 e. The summed E-state index contributed by atoms with van der Waals surface area (Å²) in [4.78, 5) is 25.7. The zero-order chi connectivity index (χ0) is 19.7. The summed E-state index contributed by atoms with van der Waals surface area (Å²) in [5, 5.41) is 3.12. The van der Waals surface area contributed by atoms with Crippen LogP contribution < -0.4 is 5.32 Å². The van der Waals surface area contributed by atoms with E-state index in [0.29, 0.717) is 12.6 Å². The fraction of sp³-hybridized carbons (Fsp3) is 0.636. The van der Waals surface area contributed by atoms with Gasteiger partial charge >= 0.3 is 0 Å².